The van der Waals surface area contributed by atoms with Gasteiger partial charge < -0.3 is 4.74 Å². The first-order valence-corrected chi connectivity index (χ1v) is 8.76. The lowest BCUT2D eigenvalue weighted by Gasteiger charge is -2.18. The number of primary sulfonamides is 1. The van der Waals surface area contributed by atoms with Crippen molar-refractivity contribution in [3.8, 4) is 0 Å². The number of rotatable bonds is 4. The number of esters is 1. The van der Waals surface area contributed by atoms with Crippen LogP contribution in [0.3, 0.4) is 0 Å². The molecule has 0 unspecified atom stereocenters. The Balaban J connectivity index is 3.02. The maximum atomic E-state index is 12.1. The Morgan fingerprint density at radius 2 is 1.90 bits per heavy atom. The molecule has 0 heterocycles. The van der Waals surface area contributed by atoms with Crippen molar-refractivity contribution in [3.05, 3.63) is 27.7 Å². The Morgan fingerprint density at radius 3 is 2.38 bits per heavy atom. The van der Waals surface area contributed by atoms with Crippen molar-refractivity contribution in [2.75, 3.05) is 6.61 Å². The highest BCUT2D eigenvalue weighted by molar-refractivity contribution is 9.10. The molecular weight excluding hydrogens is 358 g/mol. The van der Waals surface area contributed by atoms with Gasteiger partial charge in [0.05, 0.1) is 17.1 Å². The minimum Gasteiger partial charge on any atom is -0.462 e. The van der Waals surface area contributed by atoms with E-state index in [2.05, 4.69) is 15.9 Å². The molecule has 0 aliphatic carbocycles. The van der Waals surface area contributed by atoms with E-state index in [9.17, 15) is 13.2 Å². The molecule has 0 atom stereocenters. The quantitative estimate of drug-likeness (QED) is 0.816. The summed E-state index contributed by atoms with van der Waals surface area (Å²) in [5, 5.41) is 5.10. The van der Waals surface area contributed by atoms with Gasteiger partial charge in [-0.2, -0.15) is 0 Å². The second kappa shape index (κ2) is 6.46. The number of nitrogens with two attached hydrogens (primary N) is 1. The maximum Gasteiger partial charge on any atom is 0.338 e. The van der Waals surface area contributed by atoms with E-state index in [1.165, 1.54) is 12.1 Å². The van der Waals surface area contributed by atoms with Gasteiger partial charge >= 0.3 is 5.97 Å². The van der Waals surface area contributed by atoms with Crippen LogP contribution in [0.15, 0.2) is 21.5 Å². The Bertz CT molecular complexity index is 648. The fourth-order valence-corrected chi connectivity index (χ4v) is 2.73. The minimum atomic E-state index is -3.88. The van der Waals surface area contributed by atoms with Crippen LogP contribution in [0.25, 0.3) is 0 Å². The topological polar surface area (TPSA) is 86.5 Å². The number of halogens is 1. The average Bonchev–Trinajstić information content (AvgIpc) is 2.29. The predicted molar refractivity (Wildman–Crippen MR) is 84.6 cm³/mol. The van der Waals surface area contributed by atoms with Crippen LogP contribution in [0, 0.1) is 12.3 Å². The second-order valence-corrected chi connectivity index (χ2v) is 8.49. The molecule has 0 aliphatic rings. The zero-order chi connectivity index (χ0) is 16.4. The lowest BCUT2D eigenvalue weighted by atomic mass is 9.93. The number of hydrogen-bond donors (Lipinski definition) is 1. The minimum absolute atomic E-state index is 0.0539. The molecule has 0 spiro atoms. The van der Waals surface area contributed by atoms with Gasteiger partial charge in [0.25, 0.3) is 0 Å². The number of carbonyl (C=O) groups excluding carboxylic acids is 1. The summed E-state index contributed by atoms with van der Waals surface area (Å²) in [6.45, 7) is 8.12. The second-order valence-electron chi connectivity index (χ2n) is 6.07. The molecule has 118 valence electrons. The molecular formula is C14H20BrNO4S. The Kier molecular flexibility index (Phi) is 5.57. The summed E-state index contributed by atoms with van der Waals surface area (Å²) in [6, 6.07) is 2.62. The average molecular weight is 378 g/mol. The van der Waals surface area contributed by atoms with Gasteiger partial charge in [0.2, 0.25) is 10.0 Å². The molecule has 0 radical (unpaired) electrons. The summed E-state index contributed by atoms with van der Waals surface area (Å²) < 4.78 is 28.6. The fraction of sp³-hybridized carbons (Fsp3) is 0.500. The SMILES string of the molecule is Cc1c(Br)cc(S(N)(=O)=O)cc1C(=O)OCCC(C)(C)C. The van der Waals surface area contributed by atoms with Crippen molar-refractivity contribution in [2.45, 2.75) is 39.0 Å². The molecule has 0 bridgehead atoms. The van der Waals surface area contributed by atoms with Crippen molar-refractivity contribution in [1.82, 2.24) is 0 Å². The predicted octanol–water partition coefficient (Wildman–Crippen LogP) is 3.00. The number of ether oxygens (including phenoxy) is 1. The first-order chi connectivity index (χ1) is 9.42. The van der Waals surface area contributed by atoms with Crippen molar-refractivity contribution in [3.63, 3.8) is 0 Å². The summed E-state index contributed by atoms with van der Waals surface area (Å²) in [5.74, 6) is -0.553. The van der Waals surface area contributed by atoms with Gasteiger partial charge in [-0.05, 0) is 36.5 Å². The molecule has 1 rings (SSSR count). The molecule has 0 fully saturated rings. The molecule has 0 saturated carbocycles. The summed E-state index contributed by atoms with van der Waals surface area (Å²) >= 11 is 3.23. The Morgan fingerprint density at radius 1 is 1.33 bits per heavy atom. The molecule has 0 aliphatic heterocycles. The first-order valence-electron chi connectivity index (χ1n) is 6.42. The molecule has 0 saturated heterocycles. The Hall–Kier alpha value is -0.920. The van der Waals surface area contributed by atoms with Crippen LogP contribution in [0.4, 0.5) is 0 Å². The van der Waals surface area contributed by atoms with Gasteiger partial charge in [-0.25, -0.2) is 18.4 Å². The molecule has 1 aromatic rings. The van der Waals surface area contributed by atoms with Gasteiger partial charge in [-0.15, -0.1) is 0 Å². The van der Waals surface area contributed by atoms with Gasteiger partial charge in [-0.1, -0.05) is 36.7 Å². The van der Waals surface area contributed by atoms with E-state index >= 15 is 0 Å². The molecule has 1 aromatic carbocycles. The van der Waals surface area contributed by atoms with Crippen LogP contribution in [0.2, 0.25) is 0 Å². The van der Waals surface area contributed by atoms with E-state index in [1.807, 2.05) is 20.8 Å². The van der Waals surface area contributed by atoms with Crippen molar-refractivity contribution in [2.24, 2.45) is 10.6 Å². The molecule has 2 N–H and O–H groups in total. The van der Waals surface area contributed by atoms with E-state index in [0.29, 0.717) is 16.5 Å². The van der Waals surface area contributed by atoms with E-state index in [0.717, 1.165) is 0 Å². The van der Waals surface area contributed by atoms with Gasteiger partial charge in [-0.3, -0.25) is 0 Å². The lowest BCUT2D eigenvalue weighted by molar-refractivity contribution is 0.0463. The third-order valence-corrected chi connectivity index (χ3v) is 4.67. The smallest absolute Gasteiger partial charge is 0.338 e. The van der Waals surface area contributed by atoms with Crippen LogP contribution in [0.5, 0.6) is 0 Å². The lowest BCUT2D eigenvalue weighted by Crippen LogP contribution is -2.16. The van der Waals surface area contributed by atoms with Crippen molar-refractivity contribution >= 4 is 31.9 Å². The first kappa shape index (κ1) is 18.1. The van der Waals surface area contributed by atoms with E-state index in [1.54, 1.807) is 6.92 Å². The largest absolute Gasteiger partial charge is 0.462 e. The number of benzene rings is 1. The molecule has 21 heavy (non-hydrogen) atoms. The maximum absolute atomic E-state index is 12.1. The van der Waals surface area contributed by atoms with E-state index < -0.39 is 16.0 Å². The number of sulfonamides is 1. The van der Waals surface area contributed by atoms with Crippen LogP contribution in [0.1, 0.15) is 43.1 Å². The standard InChI is InChI=1S/C14H20BrNO4S/c1-9-11(13(17)20-6-5-14(2,3)4)7-10(8-12(9)15)21(16,18)19/h7-8H,5-6H2,1-4H3,(H2,16,18,19). The van der Waals surface area contributed by atoms with Crippen molar-refractivity contribution in [1.29, 1.82) is 0 Å². The monoisotopic (exact) mass is 377 g/mol. The van der Waals surface area contributed by atoms with Gasteiger partial charge in [0.1, 0.15) is 0 Å². The molecule has 0 aromatic heterocycles. The zero-order valence-electron chi connectivity index (χ0n) is 12.6. The highest BCUT2D eigenvalue weighted by atomic mass is 79.9. The molecule has 0 amide bonds. The third-order valence-electron chi connectivity index (χ3n) is 2.95. The normalized spacial score (nSPS) is 12.3. The van der Waals surface area contributed by atoms with E-state index in [4.69, 9.17) is 9.88 Å². The van der Waals surface area contributed by atoms with Gasteiger partial charge in [0.15, 0.2) is 0 Å². The van der Waals surface area contributed by atoms with Crippen LogP contribution >= 0.6 is 15.9 Å². The fourth-order valence-electron chi connectivity index (χ4n) is 1.56. The van der Waals surface area contributed by atoms with E-state index in [-0.39, 0.29) is 22.5 Å². The molecule has 7 heteroatoms. The van der Waals surface area contributed by atoms with Gasteiger partial charge in [0, 0.05) is 4.47 Å². The highest BCUT2D eigenvalue weighted by Crippen LogP contribution is 2.25. The summed E-state index contributed by atoms with van der Waals surface area (Å²) in [5.41, 5.74) is 0.865. The summed E-state index contributed by atoms with van der Waals surface area (Å²) in [6.07, 6.45) is 0.716. The zero-order valence-corrected chi connectivity index (χ0v) is 15.0. The highest BCUT2D eigenvalue weighted by Gasteiger charge is 2.19. The summed E-state index contributed by atoms with van der Waals surface area (Å²) in [7, 11) is -3.88. The van der Waals surface area contributed by atoms with Crippen molar-refractivity contribution < 1.29 is 17.9 Å². The van der Waals surface area contributed by atoms with Crippen LogP contribution in [-0.2, 0) is 14.8 Å². The molecule has 5 nitrogen and oxygen atoms in total. The number of carbonyl (C=O) groups is 1. The Labute approximate surface area is 134 Å². The summed E-state index contributed by atoms with van der Waals surface area (Å²) in [4.78, 5) is 12.0. The number of hydrogen-bond acceptors (Lipinski definition) is 4. The van der Waals surface area contributed by atoms with Crippen LogP contribution in [-0.4, -0.2) is 21.0 Å². The van der Waals surface area contributed by atoms with Crippen LogP contribution < -0.4 is 5.14 Å². The third kappa shape index (κ3) is 5.41.